The smallest absolute Gasteiger partial charge is 0.0442 e. The van der Waals surface area contributed by atoms with Crippen molar-refractivity contribution in [2.75, 3.05) is 13.1 Å². The second kappa shape index (κ2) is 6.17. The molecule has 0 saturated carbocycles. The van der Waals surface area contributed by atoms with Gasteiger partial charge in [-0.15, -0.1) is 0 Å². The summed E-state index contributed by atoms with van der Waals surface area (Å²) < 4.78 is 0. The van der Waals surface area contributed by atoms with Crippen molar-refractivity contribution < 1.29 is 0 Å². The summed E-state index contributed by atoms with van der Waals surface area (Å²) in [5.74, 6) is 0.866. The molecule has 0 bridgehead atoms. The van der Waals surface area contributed by atoms with Gasteiger partial charge in [0.05, 0.1) is 0 Å². The van der Waals surface area contributed by atoms with E-state index in [2.05, 4.69) is 35.6 Å². The van der Waals surface area contributed by atoms with Gasteiger partial charge in [-0.3, -0.25) is 0 Å². The third-order valence-electron chi connectivity index (χ3n) is 4.07. The van der Waals surface area contributed by atoms with Crippen molar-refractivity contribution in [2.24, 2.45) is 0 Å². The Kier molecular flexibility index (Phi) is 4.30. The highest BCUT2D eigenvalue weighted by Gasteiger charge is 2.29. The van der Waals surface area contributed by atoms with Gasteiger partial charge in [0, 0.05) is 22.5 Å². The SMILES string of the molecule is Clc1ccc(Cl)c(C2CCNCC2c2ccccc2)c1. The topological polar surface area (TPSA) is 12.0 Å². The molecule has 3 rings (SSSR count). The summed E-state index contributed by atoms with van der Waals surface area (Å²) in [5, 5.41) is 5.07. The van der Waals surface area contributed by atoms with E-state index in [0.29, 0.717) is 11.8 Å². The fraction of sp³-hybridized carbons (Fsp3) is 0.294. The van der Waals surface area contributed by atoms with Crippen molar-refractivity contribution in [3.63, 3.8) is 0 Å². The van der Waals surface area contributed by atoms with Crippen LogP contribution in [0.25, 0.3) is 0 Å². The number of hydrogen-bond donors (Lipinski definition) is 1. The minimum atomic E-state index is 0.421. The summed E-state index contributed by atoms with van der Waals surface area (Å²) in [7, 11) is 0. The second-order valence-corrected chi connectivity index (χ2v) is 6.13. The number of piperidine rings is 1. The van der Waals surface area contributed by atoms with Crippen LogP contribution in [0.3, 0.4) is 0 Å². The highest BCUT2D eigenvalue weighted by Crippen LogP contribution is 2.40. The number of halogens is 2. The molecule has 0 aliphatic carbocycles. The Hall–Kier alpha value is -1.02. The number of rotatable bonds is 2. The lowest BCUT2D eigenvalue weighted by Gasteiger charge is -2.33. The quantitative estimate of drug-likeness (QED) is 0.836. The third kappa shape index (κ3) is 2.85. The molecule has 1 saturated heterocycles. The number of nitrogens with one attached hydrogen (secondary N) is 1. The van der Waals surface area contributed by atoms with Gasteiger partial charge in [0.1, 0.15) is 0 Å². The van der Waals surface area contributed by atoms with Gasteiger partial charge < -0.3 is 5.32 Å². The summed E-state index contributed by atoms with van der Waals surface area (Å²) in [6.45, 7) is 2.01. The van der Waals surface area contributed by atoms with Crippen LogP contribution in [0.4, 0.5) is 0 Å². The Morgan fingerprint density at radius 2 is 1.75 bits per heavy atom. The molecule has 1 N–H and O–H groups in total. The molecule has 0 radical (unpaired) electrons. The average Bonchev–Trinajstić information content (AvgIpc) is 2.51. The van der Waals surface area contributed by atoms with Crippen molar-refractivity contribution >= 4 is 23.2 Å². The highest BCUT2D eigenvalue weighted by atomic mass is 35.5. The van der Waals surface area contributed by atoms with Crippen molar-refractivity contribution in [1.29, 1.82) is 0 Å². The molecular formula is C17H17Cl2N. The predicted molar refractivity (Wildman–Crippen MR) is 85.9 cm³/mol. The molecule has 1 aliphatic rings. The Morgan fingerprint density at radius 1 is 0.950 bits per heavy atom. The molecule has 3 heteroatoms. The van der Waals surface area contributed by atoms with Crippen LogP contribution >= 0.6 is 23.2 Å². The Balaban J connectivity index is 1.99. The van der Waals surface area contributed by atoms with E-state index in [9.17, 15) is 0 Å². The van der Waals surface area contributed by atoms with Crippen LogP contribution in [0.15, 0.2) is 48.5 Å². The molecule has 0 aromatic heterocycles. The molecule has 1 nitrogen and oxygen atoms in total. The molecule has 2 atom stereocenters. The summed E-state index contributed by atoms with van der Waals surface area (Å²) in [6, 6.07) is 16.4. The van der Waals surface area contributed by atoms with Crippen LogP contribution in [-0.2, 0) is 0 Å². The zero-order valence-corrected chi connectivity index (χ0v) is 12.7. The van der Waals surface area contributed by atoms with E-state index in [0.717, 1.165) is 29.6 Å². The summed E-state index contributed by atoms with van der Waals surface area (Å²) in [6.07, 6.45) is 1.08. The average molecular weight is 306 g/mol. The maximum Gasteiger partial charge on any atom is 0.0442 e. The zero-order chi connectivity index (χ0) is 13.9. The van der Waals surface area contributed by atoms with E-state index in [-0.39, 0.29) is 0 Å². The molecule has 20 heavy (non-hydrogen) atoms. The van der Waals surface area contributed by atoms with Crippen LogP contribution in [0.1, 0.15) is 29.4 Å². The highest BCUT2D eigenvalue weighted by molar-refractivity contribution is 6.33. The lowest BCUT2D eigenvalue weighted by molar-refractivity contribution is 0.404. The number of hydrogen-bond acceptors (Lipinski definition) is 1. The third-order valence-corrected chi connectivity index (χ3v) is 4.65. The molecule has 1 heterocycles. The van der Waals surface area contributed by atoms with E-state index < -0.39 is 0 Å². The van der Waals surface area contributed by atoms with E-state index in [1.807, 2.05) is 18.2 Å². The minimum Gasteiger partial charge on any atom is -0.316 e. The van der Waals surface area contributed by atoms with Gasteiger partial charge in [0.2, 0.25) is 0 Å². The summed E-state index contributed by atoms with van der Waals surface area (Å²) in [5.41, 5.74) is 2.54. The molecule has 1 fully saturated rings. The van der Waals surface area contributed by atoms with Gasteiger partial charge in [-0.1, -0.05) is 53.5 Å². The van der Waals surface area contributed by atoms with E-state index >= 15 is 0 Å². The molecule has 104 valence electrons. The molecule has 1 aliphatic heterocycles. The van der Waals surface area contributed by atoms with Crippen LogP contribution in [0, 0.1) is 0 Å². The lowest BCUT2D eigenvalue weighted by Crippen LogP contribution is -2.34. The summed E-state index contributed by atoms with van der Waals surface area (Å²) in [4.78, 5) is 0. The molecule has 0 spiro atoms. The number of benzene rings is 2. The van der Waals surface area contributed by atoms with Gasteiger partial charge in [-0.25, -0.2) is 0 Å². The van der Waals surface area contributed by atoms with Crippen LogP contribution in [0.2, 0.25) is 10.0 Å². The van der Waals surface area contributed by atoms with E-state index in [1.165, 1.54) is 11.1 Å². The Labute approximate surface area is 129 Å². The maximum atomic E-state index is 6.40. The van der Waals surface area contributed by atoms with Crippen LogP contribution < -0.4 is 5.32 Å². The first-order chi connectivity index (χ1) is 9.75. The standard InChI is InChI=1S/C17H17Cl2N/c18-13-6-7-17(19)15(10-13)14-8-9-20-11-16(14)12-4-2-1-3-5-12/h1-7,10,14,16,20H,8-9,11H2. The van der Waals surface area contributed by atoms with Crippen molar-refractivity contribution in [3.8, 4) is 0 Å². The first kappa shape index (κ1) is 13.9. The first-order valence-corrected chi connectivity index (χ1v) is 7.72. The van der Waals surface area contributed by atoms with Crippen LogP contribution in [0.5, 0.6) is 0 Å². The molecule has 2 unspecified atom stereocenters. The fourth-order valence-corrected chi connectivity index (χ4v) is 3.52. The van der Waals surface area contributed by atoms with Crippen molar-refractivity contribution in [1.82, 2.24) is 5.32 Å². The van der Waals surface area contributed by atoms with Gasteiger partial charge in [0.25, 0.3) is 0 Å². The predicted octanol–water partition coefficient (Wildman–Crippen LogP) is 4.85. The van der Waals surface area contributed by atoms with Gasteiger partial charge in [-0.2, -0.15) is 0 Å². The molecule has 2 aromatic rings. The largest absolute Gasteiger partial charge is 0.316 e. The monoisotopic (exact) mass is 305 g/mol. The Morgan fingerprint density at radius 3 is 2.55 bits per heavy atom. The van der Waals surface area contributed by atoms with E-state index in [1.54, 1.807) is 0 Å². The molecule has 2 aromatic carbocycles. The summed E-state index contributed by atoms with van der Waals surface area (Å²) >= 11 is 12.6. The van der Waals surface area contributed by atoms with Crippen molar-refractivity contribution in [2.45, 2.75) is 18.3 Å². The van der Waals surface area contributed by atoms with Gasteiger partial charge >= 0.3 is 0 Å². The van der Waals surface area contributed by atoms with Crippen molar-refractivity contribution in [3.05, 3.63) is 69.7 Å². The van der Waals surface area contributed by atoms with Gasteiger partial charge in [0.15, 0.2) is 0 Å². The minimum absolute atomic E-state index is 0.421. The second-order valence-electron chi connectivity index (χ2n) is 5.28. The maximum absolute atomic E-state index is 6.40. The van der Waals surface area contributed by atoms with Crippen LogP contribution in [-0.4, -0.2) is 13.1 Å². The normalized spacial score (nSPS) is 22.7. The van der Waals surface area contributed by atoms with E-state index in [4.69, 9.17) is 23.2 Å². The first-order valence-electron chi connectivity index (χ1n) is 6.96. The fourth-order valence-electron chi connectivity index (χ4n) is 3.08. The molecular weight excluding hydrogens is 289 g/mol. The lowest BCUT2D eigenvalue weighted by atomic mass is 9.77. The van der Waals surface area contributed by atoms with Gasteiger partial charge in [-0.05, 0) is 48.2 Å². The Bertz CT molecular complexity index is 583. The zero-order valence-electron chi connectivity index (χ0n) is 11.2. The molecule has 0 amide bonds.